The van der Waals surface area contributed by atoms with Crippen molar-refractivity contribution in [2.24, 2.45) is 5.14 Å². The van der Waals surface area contributed by atoms with Gasteiger partial charge in [0.25, 0.3) is 0 Å². The van der Waals surface area contributed by atoms with E-state index in [2.05, 4.69) is 25.6 Å². The van der Waals surface area contributed by atoms with Gasteiger partial charge in [0.2, 0.25) is 16.0 Å². The fourth-order valence-electron chi connectivity index (χ4n) is 3.25. The van der Waals surface area contributed by atoms with Crippen LogP contribution in [0, 0.1) is 0 Å². The van der Waals surface area contributed by atoms with Crippen molar-refractivity contribution in [1.82, 2.24) is 25.0 Å². The number of sulfonamides is 1. The monoisotopic (exact) mass is 389 g/mol. The van der Waals surface area contributed by atoms with E-state index in [1.54, 1.807) is 18.0 Å². The summed E-state index contributed by atoms with van der Waals surface area (Å²) in [5, 5.41) is 16.1. The Balaban J connectivity index is 1.58. The van der Waals surface area contributed by atoms with Crippen molar-refractivity contribution in [2.75, 3.05) is 12.4 Å². The zero-order valence-electron chi connectivity index (χ0n) is 14.6. The first kappa shape index (κ1) is 17.6. The molecule has 2 atom stereocenters. The second kappa shape index (κ2) is 6.74. The molecule has 0 spiro atoms. The number of ether oxygens (including phenoxy) is 1. The summed E-state index contributed by atoms with van der Waals surface area (Å²) in [5.74, 6) is 1.14. The molecule has 2 unspecified atom stereocenters. The summed E-state index contributed by atoms with van der Waals surface area (Å²) in [6.45, 7) is 0. The van der Waals surface area contributed by atoms with Crippen LogP contribution in [0.15, 0.2) is 30.5 Å². The highest BCUT2D eigenvalue weighted by Gasteiger charge is 2.32. The Morgan fingerprint density at radius 2 is 2.04 bits per heavy atom. The maximum absolute atomic E-state index is 11.5. The molecule has 1 aliphatic rings. The molecule has 0 radical (unpaired) electrons. The molecule has 3 aromatic rings. The number of nitrogens with one attached hydrogen (secondary N) is 1. The lowest BCUT2D eigenvalue weighted by atomic mass is 10.2. The van der Waals surface area contributed by atoms with Crippen LogP contribution in [0.3, 0.4) is 0 Å². The van der Waals surface area contributed by atoms with Crippen LogP contribution in [0.4, 0.5) is 5.95 Å². The summed E-state index contributed by atoms with van der Waals surface area (Å²) in [7, 11) is -1.91. The average molecular weight is 389 g/mol. The van der Waals surface area contributed by atoms with Crippen LogP contribution in [0.2, 0.25) is 0 Å². The van der Waals surface area contributed by atoms with Gasteiger partial charge < -0.3 is 10.1 Å². The minimum atomic E-state index is -3.52. The summed E-state index contributed by atoms with van der Waals surface area (Å²) in [6.07, 6.45) is 3.25. The Bertz CT molecular complexity index is 1070. The second-order valence-electron chi connectivity index (χ2n) is 6.47. The first-order valence-corrected chi connectivity index (χ1v) is 10.1. The maximum Gasteiger partial charge on any atom is 0.225 e. The van der Waals surface area contributed by atoms with E-state index in [-0.39, 0.29) is 6.04 Å². The summed E-state index contributed by atoms with van der Waals surface area (Å²) in [6, 6.07) is 7.33. The van der Waals surface area contributed by atoms with Crippen LogP contribution in [0.5, 0.6) is 5.75 Å². The van der Waals surface area contributed by atoms with E-state index in [0.29, 0.717) is 36.4 Å². The van der Waals surface area contributed by atoms with Crippen molar-refractivity contribution in [3.05, 3.63) is 30.5 Å². The number of primary sulfonamides is 1. The number of nitrogens with two attached hydrogens (primary N) is 1. The van der Waals surface area contributed by atoms with Gasteiger partial charge in [0, 0.05) is 6.04 Å². The quantitative estimate of drug-likeness (QED) is 0.655. The Kier molecular flexibility index (Phi) is 4.40. The van der Waals surface area contributed by atoms with Gasteiger partial charge in [-0.05, 0) is 43.5 Å². The minimum absolute atomic E-state index is 0.0453. The van der Waals surface area contributed by atoms with Gasteiger partial charge in [-0.3, -0.25) is 0 Å². The molecule has 11 heteroatoms. The summed E-state index contributed by atoms with van der Waals surface area (Å²) >= 11 is 0. The molecule has 0 aliphatic heterocycles. The molecule has 2 heterocycles. The number of hydrogen-bond donors (Lipinski definition) is 2. The highest BCUT2D eigenvalue weighted by Crippen LogP contribution is 2.26. The molecule has 0 bridgehead atoms. The molecular weight excluding hydrogens is 370 g/mol. The maximum atomic E-state index is 11.5. The van der Waals surface area contributed by atoms with Crippen LogP contribution >= 0.6 is 0 Å². The third-order valence-corrected chi connectivity index (χ3v) is 6.05. The van der Waals surface area contributed by atoms with Crippen molar-refractivity contribution < 1.29 is 13.2 Å². The van der Waals surface area contributed by atoms with Crippen molar-refractivity contribution in [3.8, 4) is 11.4 Å². The molecule has 10 nitrogen and oxygen atoms in total. The van der Waals surface area contributed by atoms with E-state index in [9.17, 15) is 8.42 Å². The lowest BCUT2D eigenvalue weighted by molar-refractivity contribution is 0.414. The summed E-state index contributed by atoms with van der Waals surface area (Å²) in [4.78, 5) is 8.76. The highest BCUT2D eigenvalue weighted by molar-refractivity contribution is 7.89. The van der Waals surface area contributed by atoms with Gasteiger partial charge in [0.1, 0.15) is 5.75 Å². The molecule has 3 N–H and O–H groups in total. The molecule has 1 aromatic carbocycles. The fourth-order valence-corrected chi connectivity index (χ4v) is 4.21. The average Bonchev–Trinajstić information content (AvgIpc) is 3.28. The summed E-state index contributed by atoms with van der Waals surface area (Å²) in [5.41, 5.74) is 1.90. The molecule has 1 saturated carbocycles. The Labute approximate surface area is 155 Å². The molecule has 142 valence electrons. The number of anilines is 1. The van der Waals surface area contributed by atoms with Gasteiger partial charge in [-0.1, -0.05) is 5.21 Å². The third-order valence-electron chi connectivity index (χ3n) is 4.69. The van der Waals surface area contributed by atoms with Crippen molar-refractivity contribution >= 4 is 27.1 Å². The topological polar surface area (TPSA) is 138 Å². The SMILES string of the molecule is COc1ccc(-n2nnc3cnc(NC4CCC(S(N)(=O)=O)C4)nc32)cc1. The minimum Gasteiger partial charge on any atom is -0.497 e. The predicted molar refractivity (Wildman–Crippen MR) is 99.2 cm³/mol. The standard InChI is InChI=1S/C16H19N7O3S/c1-26-12-5-3-11(4-6-12)23-15-14(21-22-23)9-18-16(20-15)19-10-2-7-13(8-10)27(17,24)25/h3-6,9-10,13H,2,7-8H2,1H3,(H2,17,24,25)(H,18,19,20). The van der Waals surface area contributed by atoms with Crippen LogP contribution < -0.4 is 15.2 Å². The molecule has 2 aromatic heterocycles. The van der Waals surface area contributed by atoms with Gasteiger partial charge in [-0.25, -0.2) is 18.5 Å². The molecule has 4 rings (SSSR count). The number of methoxy groups -OCH3 is 1. The number of rotatable bonds is 5. The van der Waals surface area contributed by atoms with E-state index in [4.69, 9.17) is 9.88 Å². The lowest BCUT2D eigenvalue weighted by Gasteiger charge is -2.12. The summed E-state index contributed by atoms with van der Waals surface area (Å²) < 4.78 is 29.8. The lowest BCUT2D eigenvalue weighted by Crippen LogP contribution is -2.28. The van der Waals surface area contributed by atoms with Gasteiger partial charge in [-0.15, -0.1) is 5.10 Å². The zero-order valence-corrected chi connectivity index (χ0v) is 15.4. The first-order chi connectivity index (χ1) is 12.9. The fraction of sp³-hybridized carbons (Fsp3) is 0.375. The first-order valence-electron chi connectivity index (χ1n) is 8.45. The highest BCUT2D eigenvalue weighted by atomic mass is 32.2. The molecular formula is C16H19N7O3S. The predicted octanol–water partition coefficient (Wildman–Crippen LogP) is 0.841. The van der Waals surface area contributed by atoms with Crippen molar-refractivity contribution in [2.45, 2.75) is 30.6 Å². The molecule has 0 saturated heterocycles. The zero-order chi connectivity index (χ0) is 19.0. The van der Waals surface area contributed by atoms with Crippen LogP contribution in [0.1, 0.15) is 19.3 Å². The normalized spacial score (nSPS) is 20.1. The Morgan fingerprint density at radius 3 is 2.70 bits per heavy atom. The third kappa shape index (κ3) is 3.55. The molecule has 0 amide bonds. The molecule has 1 aliphatic carbocycles. The van der Waals surface area contributed by atoms with Gasteiger partial charge >= 0.3 is 0 Å². The Hall–Kier alpha value is -2.79. The number of hydrogen-bond acceptors (Lipinski definition) is 8. The van der Waals surface area contributed by atoms with E-state index in [1.165, 1.54) is 0 Å². The smallest absolute Gasteiger partial charge is 0.225 e. The van der Waals surface area contributed by atoms with Crippen LogP contribution in [-0.4, -0.2) is 51.8 Å². The van der Waals surface area contributed by atoms with Crippen molar-refractivity contribution in [1.29, 1.82) is 0 Å². The van der Waals surface area contributed by atoms with Gasteiger partial charge in [0.05, 0.1) is 24.2 Å². The van der Waals surface area contributed by atoms with Gasteiger partial charge in [0.15, 0.2) is 11.2 Å². The van der Waals surface area contributed by atoms with Gasteiger partial charge in [-0.2, -0.15) is 9.67 Å². The molecule has 27 heavy (non-hydrogen) atoms. The van der Waals surface area contributed by atoms with Crippen LogP contribution in [-0.2, 0) is 10.0 Å². The van der Waals surface area contributed by atoms with E-state index in [0.717, 1.165) is 11.4 Å². The van der Waals surface area contributed by atoms with Crippen molar-refractivity contribution in [3.63, 3.8) is 0 Å². The number of fused-ring (bicyclic) bond motifs is 1. The molecule has 1 fully saturated rings. The number of nitrogens with zero attached hydrogens (tertiary/aromatic N) is 5. The van der Waals surface area contributed by atoms with E-state index < -0.39 is 15.3 Å². The van der Waals surface area contributed by atoms with E-state index >= 15 is 0 Å². The Morgan fingerprint density at radius 1 is 1.26 bits per heavy atom. The second-order valence-corrected chi connectivity index (χ2v) is 8.31. The number of aromatic nitrogens is 5. The van der Waals surface area contributed by atoms with E-state index in [1.807, 2.05) is 24.3 Å². The van der Waals surface area contributed by atoms with Crippen LogP contribution in [0.25, 0.3) is 16.9 Å². The largest absolute Gasteiger partial charge is 0.497 e. The number of benzene rings is 1.